The third-order valence-electron chi connectivity index (χ3n) is 2.56. The smallest absolute Gasteiger partial charge is 0.313 e. The summed E-state index contributed by atoms with van der Waals surface area (Å²) in [7, 11) is 0. The second kappa shape index (κ2) is 7.99. The number of rotatable bonds is 7. The Morgan fingerprint density at radius 2 is 1.40 bits per heavy atom. The van der Waals surface area contributed by atoms with E-state index in [1.807, 2.05) is 0 Å². The van der Waals surface area contributed by atoms with Crippen molar-refractivity contribution in [2.75, 3.05) is 0 Å². The molecule has 0 atom stereocenters. The molecule has 0 amide bonds. The molecule has 0 bridgehead atoms. The average Bonchev–Trinajstić information content (AvgIpc) is 2.43. The van der Waals surface area contributed by atoms with Gasteiger partial charge in [-0.05, 0) is 6.92 Å². The highest BCUT2D eigenvalue weighted by atomic mass is 16.6. The van der Waals surface area contributed by atoms with Gasteiger partial charge >= 0.3 is 11.9 Å². The average molecular weight is 276 g/mol. The molecule has 0 N–H and O–H groups in total. The lowest BCUT2D eigenvalue weighted by Gasteiger charge is -2.02. The van der Waals surface area contributed by atoms with Crippen LogP contribution in [-0.2, 0) is 19.1 Å². The van der Waals surface area contributed by atoms with E-state index in [1.54, 1.807) is 30.3 Å². The van der Waals surface area contributed by atoms with E-state index in [0.29, 0.717) is 5.56 Å². The normalized spacial score (nSPS) is 9.85. The van der Waals surface area contributed by atoms with Crippen LogP contribution in [0.4, 0.5) is 0 Å². The zero-order valence-corrected chi connectivity index (χ0v) is 11.3. The maximum atomic E-state index is 11.7. The molecule has 0 saturated heterocycles. The lowest BCUT2D eigenvalue weighted by molar-refractivity contribution is -0.160. The number of ether oxygens (including phenoxy) is 1. The van der Waals surface area contributed by atoms with E-state index in [2.05, 4.69) is 4.74 Å². The Hall–Kier alpha value is -2.30. The summed E-state index contributed by atoms with van der Waals surface area (Å²) in [5, 5.41) is 0. The van der Waals surface area contributed by atoms with E-state index in [1.165, 1.54) is 6.92 Å². The number of esters is 2. The first kappa shape index (κ1) is 15.8. The molecule has 0 spiro atoms. The fourth-order valence-electron chi connectivity index (χ4n) is 1.49. The van der Waals surface area contributed by atoms with E-state index in [-0.39, 0.29) is 37.2 Å². The van der Waals surface area contributed by atoms with Crippen molar-refractivity contribution in [3.63, 3.8) is 0 Å². The van der Waals surface area contributed by atoms with Crippen molar-refractivity contribution in [1.29, 1.82) is 0 Å². The first-order valence-electron chi connectivity index (χ1n) is 6.30. The van der Waals surface area contributed by atoms with Gasteiger partial charge in [-0.15, -0.1) is 0 Å². The van der Waals surface area contributed by atoms with Crippen LogP contribution in [0.1, 0.15) is 43.0 Å². The predicted octanol–water partition coefficient (Wildman–Crippen LogP) is 2.09. The summed E-state index contributed by atoms with van der Waals surface area (Å²) >= 11 is 0. The lowest BCUT2D eigenvalue weighted by atomic mass is 10.1. The van der Waals surface area contributed by atoms with Gasteiger partial charge in [0.25, 0.3) is 0 Å². The van der Waals surface area contributed by atoms with Gasteiger partial charge in [0.1, 0.15) is 5.78 Å². The van der Waals surface area contributed by atoms with Crippen LogP contribution in [0.25, 0.3) is 0 Å². The molecule has 0 radical (unpaired) electrons. The Kier molecular flexibility index (Phi) is 6.29. The Balaban J connectivity index is 2.31. The van der Waals surface area contributed by atoms with E-state index >= 15 is 0 Å². The van der Waals surface area contributed by atoms with E-state index in [4.69, 9.17) is 0 Å². The summed E-state index contributed by atoms with van der Waals surface area (Å²) in [6, 6.07) is 8.57. The van der Waals surface area contributed by atoms with Crippen molar-refractivity contribution < 1.29 is 23.9 Å². The Bertz CT molecular complexity index is 504. The fourth-order valence-corrected chi connectivity index (χ4v) is 1.49. The molecule has 5 heteroatoms. The molecule has 0 heterocycles. The van der Waals surface area contributed by atoms with Gasteiger partial charge in [0.2, 0.25) is 0 Å². The van der Waals surface area contributed by atoms with Crippen LogP contribution < -0.4 is 0 Å². The summed E-state index contributed by atoms with van der Waals surface area (Å²) < 4.78 is 4.50. The van der Waals surface area contributed by atoms with Crippen molar-refractivity contribution in [1.82, 2.24) is 0 Å². The molecule has 0 saturated carbocycles. The monoisotopic (exact) mass is 276 g/mol. The van der Waals surface area contributed by atoms with Crippen molar-refractivity contribution >= 4 is 23.5 Å². The Morgan fingerprint density at radius 1 is 0.850 bits per heavy atom. The van der Waals surface area contributed by atoms with Crippen LogP contribution in [0.3, 0.4) is 0 Å². The molecule has 0 aromatic heterocycles. The number of carbonyl (C=O) groups excluding carboxylic acids is 4. The Labute approximate surface area is 116 Å². The van der Waals surface area contributed by atoms with Gasteiger partial charge in [0.05, 0.1) is 12.8 Å². The Morgan fingerprint density at radius 3 is 1.95 bits per heavy atom. The van der Waals surface area contributed by atoms with Crippen molar-refractivity contribution in [2.45, 2.75) is 32.6 Å². The second-order valence-corrected chi connectivity index (χ2v) is 4.34. The topological polar surface area (TPSA) is 77.5 Å². The zero-order chi connectivity index (χ0) is 15.0. The molecular weight excluding hydrogens is 260 g/mol. The zero-order valence-electron chi connectivity index (χ0n) is 11.3. The first-order valence-corrected chi connectivity index (χ1v) is 6.30. The molecular formula is C15H16O5. The maximum absolute atomic E-state index is 11.7. The molecule has 1 aromatic rings. The van der Waals surface area contributed by atoms with E-state index in [0.717, 1.165) is 0 Å². The third-order valence-corrected chi connectivity index (χ3v) is 2.56. The van der Waals surface area contributed by atoms with Gasteiger partial charge < -0.3 is 9.53 Å². The van der Waals surface area contributed by atoms with E-state index in [9.17, 15) is 19.2 Å². The van der Waals surface area contributed by atoms with Crippen LogP contribution >= 0.6 is 0 Å². The van der Waals surface area contributed by atoms with Gasteiger partial charge in [0, 0.05) is 18.4 Å². The number of ketones is 2. The number of hydrogen-bond donors (Lipinski definition) is 0. The van der Waals surface area contributed by atoms with Gasteiger partial charge in [-0.2, -0.15) is 0 Å². The van der Waals surface area contributed by atoms with Crippen molar-refractivity contribution in [2.24, 2.45) is 0 Å². The molecule has 0 aliphatic heterocycles. The highest BCUT2D eigenvalue weighted by Crippen LogP contribution is 2.06. The van der Waals surface area contributed by atoms with Crippen molar-refractivity contribution in [3.8, 4) is 0 Å². The number of hydrogen-bond acceptors (Lipinski definition) is 5. The molecule has 0 unspecified atom stereocenters. The van der Waals surface area contributed by atoms with Crippen LogP contribution in [0, 0.1) is 0 Å². The van der Waals surface area contributed by atoms with E-state index < -0.39 is 11.9 Å². The molecule has 1 rings (SSSR count). The highest BCUT2D eigenvalue weighted by Gasteiger charge is 2.14. The molecule has 1 aromatic carbocycles. The first-order chi connectivity index (χ1) is 9.49. The molecule has 106 valence electrons. The molecule has 20 heavy (non-hydrogen) atoms. The third kappa shape index (κ3) is 6.04. The standard InChI is InChI=1S/C15H16O5/c1-11(16)7-9-14(18)20-15(19)10-8-13(17)12-5-3-2-4-6-12/h2-6H,7-10H2,1H3. The molecule has 0 fully saturated rings. The summed E-state index contributed by atoms with van der Waals surface area (Å²) in [5.41, 5.74) is 0.517. The SMILES string of the molecule is CC(=O)CCC(=O)OC(=O)CCC(=O)c1ccccc1. The second-order valence-electron chi connectivity index (χ2n) is 4.34. The number of benzene rings is 1. The molecule has 5 nitrogen and oxygen atoms in total. The minimum absolute atomic E-state index is 0.0111. The summed E-state index contributed by atoms with van der Waals surface area (Å²) in [6.45, 7) is 1.35. The molecule has 0 aliphatic rings. The quantitative estimate of drug-likeness (QED) is 0.433. The fraction of sp³-hybridized carbons (Fsp3) is 0.333. The highest BCUT2D eigenvalue weighted by molar-refractivity contribution is 5.98. The summed E-state index contributed by atoms with van der Waals surface area (Å²) in [4.78, 5) is 44.9. The summed E-state index contributed by atoms with van der Waals surface area (Å²) in [5.74, 6) is -1.81. The lowest BCUT2D eigenvalue weighted by Crippen LogP contribution is -2.14. The minimum atomic E-state index is -0.747. The van der Waals surface area contributed by atoms with Gasteiger partial charge in [-0.3, -0.25) is 14.4 Å². The van der Waals surface area contributed by atoms with Crippen LogP contribution in [-0.4, -0.2) is 23.5 Å². The maximum Gasteiger partial charge on any atom is 0.313 e. The van der Waals surface area contributed by atoms with Crippen LogP contribution in [0.5, 0.6) is 0 Å². The van der Waals surface area contributed by atoms with Gasteiger partial charge in [0.15, 0.2) is 5.78 Å². The summed E-state index contributed by atoms with van der Waals surface area (Å²) in [6.07, 6.45) is -0.231. The number of carbonyl (C=O) groups is 4. The van der Waals surface area contributed by atoms with Crippen LogP contribution in [0.2, 0.25) is 0 Å². The predicted molar refractivity (Wildman–Crippen MR) is 71.0 cm³/mol. The van der Waals surface area contributed by atoms with Gasteiger partial charge in [-0.25, -0.2) is 0 Å². The molecule has 0 aliphatic carbocycles. The number of Topliss-reactive ketones (excluding diaryl/α,β-unsaturated/α-hetero) is 2. The van der Waals surface area contributed by atoms with Crippen molar-refractivity contribution in [3.05, 3.63) is 35.9 Å². The van der Waals surface area contributed by atoms with Gasteiger partial charge in [-0.1, -0.05) is 30.3 Å². The van der Waals surface area contributed by atoms with Crippen LogP contribution in [0.15, 0.2) is 30.3 Å². The minimum Gasteiger partial charge on any atom is -0.393 e. The largest absolute Gasteiger partial charge is 0.393 e.